The Morgan fingerprint density at radius 3 is 2.65 bits per heavy atom. The number of nitrogens with one attached hydrogen (secondary N) is 1. The first-order valence-corrected chi connectivity index (χ1v) is 12.4. The van der Waals surface area contributed by atoms with E-state index in [9.17, 15) is 9.59 Å². The highest BCUT2D eigenvalue weighted by Crippen LogP contribution is 2.56. The Morgan fingerprint density at radius 2 is 1.95 bits per heavy atom. The number of nitrogens with zero attached hydrogens (tertiary/aromatic N) is 5. The van der Waals surface area contributed by atoms with Gasteiger partial charge in [0.05, 0.1) is 11.7 Å². The third-order valence-electron chi connectivity index (χ3n) is 7.90. The molecule has 0 aromatic carbocycles. The second-order valence-corrected chi connectivity index (χ2v) is 10.4. The van der Waals surface area contributed by atoms with E-state index in [4.69, 9.17) is 10.5 Å². The summed E-state index contributed by atoms with van der Waals surface area (Å²) in [7, 11) is 1.92. The third-order valence-corrected chi connectivity index (χ3v) is 7.90. The lowest BCUT2D eigenvalue weighted by atomic mass is 9.53. The molecule has 6 rings (SSSR count). The molecule has 10 nitrogen and oxygen atoms in total. The maximum Gasteiger partial charge on any atom is 0.272 e. The van der Waals surface area contributed by atoms with Gasteiger partial charge in [-0.15, -0.1) is 0 Å². The minimum Gasteiger partial charge on any atom is -0.474 e. The predicted molar refractivity (Wildman–Crippen MR) is 136 cm³/mol. The van der Waals surface area contributed by atoms with Crippen LogP contribution in [0.5, 0.6) is 5.88 Å². The number of imidazole rings is 1. The maximum atomic E-state index is 13.1. The fourth-order valence-electron chi connectivity index (χ4n) is 5.84. The highest BCUT2D eigenvalue weighted by Gasteiger charge is 2.54. The molecule has 2 fully saturated rings. The predicted octanol–water partition coefficient (Wildman–Crippen LogP) is 2.97. The van der Waals surface area contributed by atoms with Crippen molar-refractivity contribution in [1.29, 1.82) is 0 Å². The van der Waals surface area contributed by atoms with Crippen LogP contribution in [0.3, 0.4) is 0 Å². The van der Waals surface area contributed by atoms with Crippen molar-refractivity contribution in [3.05, 3.63) is 65.6 Å². The summed E-state index contributed by atoms with van der Waals surface area (Å²) in [6.45, 7) is 3.94. The van der Waals surface area contributed by atoms with Gasteiger partial charge < -0.3 is 20.2 Å². The van der Waals surface area contributed by atoms with Gasteiger partial charge in [-0.1, -0.05) is 6.07 Å². The first kappa shape index (κ1) is 23.2. The highest BCUT2D eigenvalue weighted by molar-refractivity contribution is 5.99. The van der Waals surface area contributed by atoms with Gasteiger partial charge in [0.1, 0.15) is 17.5 Å². The number of ether oxygens (including phenoxy) is 1. The molecule has 190 valence electrons. The number of pyridine rings is 2. The van der Waals surface area contributed by atoms with Crippen molar-refractivity contribution in [1.82, 2.24) is 29.5 Å². The smallest absolute Gasteiger partial charge is 0.272 e. The van der Waals surface area contributed by atoms with Gasteiger partial charge in [0, 0.05) is 42.3 Å². The molecule has 0 aliphatic heterocycles. The molecule has 4 aromatic heterocycles. The number of hydrogen-bond acceptors (Lipinski definition) is 6. The quantitative estimate of drug-likeness (QED) is 0.420. The zero-order valence-corrected chi connectivity index (χ0v) is 21.1. The molecular formula is C27H29N7O3. The number of aromatic nitrogens is 5. The van der Waals surface area contributed by atoms with Crippen molar-refractivity contribution in [2.75, 3.05) is 0 Å². The number of carbonyl (C=O) groups excluding carboxylic acids is 2. The summed E-state index contributed by atoms with van der Waals surface area (Å²) >= 11 is 0. The SMILES string of the molecule is Cc1c(-c2ccc3c(C(=O)NC4CC5(C4)CC(Oc4ncccc4C(N)=O)C5)nc(C)n3c2)cnn1C. The van der Waals surface area contributed by atoms with E-state index in [0.29, 0.717) is 17.1 Å². The standard InChI is InChI=1S/C27H29N7O3/c1-15-21(13-30-33(15)3)17-6-7-22-23(31-16(2)34(22)14-17)25(36)32-18-9-27(10-18)11-19(12-27)37-26-20(24(28)35)5-4-8-29-26/h4-8,13-14,18-19H,9-12H2,1-3H3,(H2,28,35)(H,32,36). The van der Waals surface area contributed by atoms with E-state index in [1.807, 2.05) is 54.5 Å². The van der Waals surface area contributed by atoms with Crippen LogP contribution >= 0.6 is 0 Å². The first-order valence-electron chi connectivity index (χ1n) is 12.4. The van der Waals surface area contributed by atoms with E-state index in [1.54, 1.807) is 18.3 Å². The lowest BCUT2D eigenvalue weighted by molar-refractivity contribution is -0.0848. The van der Waals surface area contributed by atoms with E-state index in [0.717, 1.165) is 53.8 Å². The molecule has 2 aliphatic carbocycles. The average molecular weight is 500 g/mol. The minimum atomic E-state index is -0.547. The number of aryl methyl sites for hydroxylation is 2. The van der Waals surface area contributed by atoms with Crippen LogP contribution in [0.15, 0.2) is 42.9 Å². The maximum absolute atomic E-state index is 13.1. The lowest BCUT2D eigenvalue weighted by Crippen LogP contribution is -2.58. The van der Waals surface area contributed by atoms with Crippen LogP contribution < -0.4 is 15.8 Å². The molecule has 0 radical (unpaired) electrons. The average Bonchev–Trinajstić information content (AvgIpc) is 3.34. The number of nitrogens with two attached hydrogens (primary N) is 1. The summed E-state index contributed by atoms with van der Waals surface area (Å²) in [5.41, 5.74) is 10.3. The molecule has 2 aliphatic rings. The largest absolute Gasteiger partial charge is 0.474 e. The van der Waals surface area contributed by atoms with Crippen LogP contribution in [0.1, 0.15) is 58.0 Å². The number of fused-ring (bicyclic) bond motifs is 1. The summed E-state index contributed by atoms with van der Waals surface area (Å²) in [6, 6.07) is 7.36. The van der Waals surface area contributed by atoms with Crippen molar-refractivity contribution < 1.29 is 14.3 Å². The number of hydrogen-bond donors (Lipinski definition) is 2. The zero-order valence-electron chi connectivity index (χ0n) is 21.1. The van der Waals surface area contributed by atoms with Gasteiger partial charge in [-0.2, -0.15) is 5.10 Å². The lowest BCUT2D eigenvalue weighted by Gasteiger charge is -2.57. The zero-order chi connectivity index (χ0) is 25.9. The van der Waals surface area contributed by atoms with Gasteiger partial charge in [0.15, 0.2) is 5.69 Å². The Balaban J connectivity index is 1.08. The molecule has 2 saturated carbocycles. The van der Waals surface area contributed by atoms with Crippen molar-refractivity contribution in [3.63, 3.8) is 0 Å². The second kappa shape index (κ2) is 8.43. The summed E-state index contributed by atoms with van der Waals surface area (Å²) in [4.78, 5) is 33.5. The van der Waals surface area contributed by atoms with Gasteiger partial charge in [0.2, 0.25) is 5.88 Å². The number of rotatable bonds is 6. The Bertz CT molecular complexity index is 1540. The van der Waals surface area contributed by atoms with E-state index in [2.05, 4.69) is 20.4 Å². The monoisotopic (exact) mass is 499 g/mol. The molecular weight excluding hydrogens is 470 g/mol. The van der Waals surface area contributed by atoms with Crippen LogP contribution in [0.2, 0.25) is 0 Å². The number of carbonyl (C=O) groups is 2. The summed E-state index contributed by atoms with van der Waals surface area (Å²) in [5, 5.41) is 7.50. The van der Waals surface area contributed by atoms with Gasteiger partial charge in [-0.05, 0) is 63.1 Å². The van der Waals surface area contributed by atoms with Crippen LogP contribution in [0, 0.1) is 19.3 Å². The van der Waals surface area contributed by atoms with Gasteiger partial charge in [-0.3, -0.25) is 14.3 Å². The van der Waals surface area contributed by atoms with Crippen molar-refractivity contribution in [3.8, 4) is 17.0 Å². The van der Waals surface area contributed by atoms with E-state index < -0.39 is 5.91 Å². The first-order chi connectivity index (χ1) is 17.7. The Kier molecular flexibility index (Phi) is 5.29. The Morgan fingerprint density at radius 1 is 1.16 bits per heavy atom. The van der Waals surface area contributed by atoms with Crippen LogP contribution in [0.25, 0.3) is 16.6 Å². The second-order valence-electron chi connectivity index (χ2n) is 10.4. The van der Waals surface area contributed by atoms with Crippen LogP contribution in [0.4, 0.5) is 0 Å². The van der Waals surface area contributed by atoms with Crippen LogP contribution in [-0.2, 0) is 7.05 Å². The molecule has 3 N–H and O–H groups in total. The minimum absolute atomic E-state index is 0.00188. The molecule has 37 heavy (non-hydrogen) atoms. The van der Waals surface area contributed by atoms with Gasteiger partial charge in [-0.25, -0.2) is 9.97 Å². The van der Waals surface area contributed by atoms with Crippen LogP contribution in [-0.4, -0.2) is 48.1 Å². The fourth-order valence-corrected chi connectivity index (χ4v) is 5.84. The summed E-state index contributed by atoms with van der Waals surface area (Å²) < 4.78 is 9.75. The summed E-state index contributed by atoms with van der Waals surface area (Å²) in [5.74, 6) is 0.358. The summed E-state index contributed by atoms with van der Waals surface area (Å²) in [6.07, 6.45) is 9.00. The molecule has 1 spiro atoms. The molecule has 0 atom stereocenters. The fraction of sp³-hybridized carbons (Fsp3) is 0.370. The van der Waals surface area contributed by atoms with Crippen molar-refractivity contribution in [2.45, 2.75) is 51.7 Å². The van der Waals surface area contributed by atoms with Gasteiger partial charge >= 0.3 is 0 Å². The Labute approximate surface area is 213 Å². The molecule has 4 heterocycles. The number of amides is 2. The third kappa shape index (κ3) is 3.92. The number of primary amides is 1. The van der Waals surface area contributed by atoms with Gasteiger partial charge in [0.25, 0.3) is 11.8 Å². The highest BCUT2D eigenvalue weighted by atomic mass is 16.5. The molecule has 10 heteroatoms. The topological polar surface area (TPSA) is 129 Å². The van der Waals surface area contributed by atoms with E-state index in [1.165, 1.54) is 0 Å². The Hall–Kier alpha value is -4.21. The molecule has 0 saturated heterocycles. The molecule has 0 unspecified atom stereocenters. The normalized spacial score (nSPS) is 22.5. The molecule has 0 bridgehead atoms. The van der Waals surface area contributed by atoms with E-state index >= 15 is 0 Å². The van der Waals surface area contributed by atoms with Crippen molar-refractivity contribution >= 4 is 17.3 Å². The molecule has 2 amide bonds. The van der Waals surface area contributed by atoms with Crippen molar-refractivity contribution in [2.24, 2.45) is 18.2 Å². The molecule has 4 aromatic rings. The van der Waals surface area contributed by atoms with E-state index in [-0.39, 0.29) is 23.5 Å².